The number of imidazole rings is 1. The minimum absolute atomic E-state index is 0.0230. The Kier molecular flexibility index (Phi) is 2.63. The van der Waals surface area contributed by atoms with Crippen LogP contribution in [0.1, 0.15) is 18.9 Å². The third kappa shape index (κ3) is 1.80. The Morgan fingerprint density at radius 1 is 1.33 bits per heavy atom. The first-order valence-electron chi connectivity index (χ1n) is 6.33. The molecule has 0 unspecified atom stereocenters. The molecule has 0 bridgehead atoms. The lowest BCUT2D eigenvalue weighted by molar-refractivity contribution is 0.221. The fraction of sp³-hybridized carbons (Fsp3) is 0.462. The second-order valence-electron chi connectivity index (χ2n) is 5.11. The summed E-state index contributed by atoms with van der Waals surface area (Å²) < 4.78 is 1.89. The van der Waals surface area contributed by atoms with Gasteiger partial charge < -0.3 is 15.6 Å². The number of piperidine rings is 1. The minimum atomic E-state index is -0.0230. The van der Waals surface area contributed by atoms with Gasteiger partial charge in [0.2, 0.25) is 0 Å². The molecule has 3 N–H and O–H groups in total. The molecule has 1 aliphatic rings. The van der Waals surface area contributed by atoms with E-state index in [9.17, 15) is 4.79 Å². The quantitative estimate of drug-likeness (QED) is 0.742. The van der Waals surface area contributed by atoms with E-state index in [0.29, 0.717) is 11.7 Å². The first-order chi connectivity index (χ1) is 8.65. The summed E-state index contributed by atoms with van der Waals surface area (Å²) in [6, 6.07) is 5.90. The number of aromatic amines is 1. The molecule has 0 saturated carbocycles. The number of fused-ring (bicyclic) bond motifs is 1. The van der Waals surface area contributed by atoms with Crippen LogP contribution in [-0.2, 0) is 0 Å². The maximum absolute atomic E-state index is 12.1. The van der Waals surface area contributed by atoms with Crippen LogP contribution in [0.4, 0.5) is 5.69 Å². The van der Waals surface area contributed by atoms with E-state index in [-0.39, 0.29) is 5.69 Å². The summed E-state index contributed by atoms with van der Waals surface area (Å²) in [5.41, 5.74) is 8.19. The highest BCUT2D eigenvalue weighted by molar-refractivity contribution is 5.79. The predicted octanol–water partition coefficient (Wildman–Crippen LogP) is 1.18. The molecular weight excluding hydrogens is 228 g/mol. The van der Waals surface area contributed by atoms with Crippen LogP contribution in [0.25, 0.3) is 11.0 Å². The third-order valence-electron chi connectivity index (χ3n) is 3.79. The van der Waals surface area contributed by atoms with E-state index in [1.165, 1.54) is 0 Å². The standard InChI is InChI=1S/C13H18N4O/c1-16-6-4-10(5-7-16)17-12-3-2-9(14)8-11(12)15-13(17)18/h2-3,8,10H,4-7,14H2,1H3,(H,15,18). The predicted molar refractivity (Wildman–Crippen MR) is 72.7 cm³/mol. The Balaban J connectivity index is 2.06. The number of nitrogens with one attached hydrogen (secondary N) is 1. The molecule has 96 valence electrons. The first-order valence-corrected chi connectivity index (χ1v) is 6.33. The Hall–Kier alpha value is -1.75. The van der Waals surface area contributed by atoms with Crippen molar-refractivity contribution in [1.82, 2.24) is 14.5 Å². The first kappa shape index (κ1) is 11.3. The summed E-state index contributed by atoms with van der Waals surface area (Å²) in [5, 5.41) is 0. The second kappa shape index (κ2) is 4.17. The van der Waals surface area contributed by atoms with Crippen LogP contribution in [0.2, 0.25) is 0 Å². The highest BCUT2D eigenvalue weighted by atomic mass is 16.1. The van der Waals surface area contributed by atoms with Crippen LogP contribution in [0.15, 0.2) is 23.0 Å². The van der Waals surface area contributed by atoms with Crippen molar-refractivity contribution in [2.45, 2.75) is 18.9 Å². The number of hydrogen-bond donors (Lipinski definition) is 2. The molecule has 3 rings (SSSR count). The molecule has 18 heavy (non-hydrogen) atoms. The van der Waals surface area contributed by atoms with Crippen molar-refractivity contribution < 1.29 is 0 Å². The summed E-state index contributed by atoms with van der Waals surface area (Å²) >= 11 is 0. The van der Waals surface area contributed by atoms with Gasteiger partial charge in [0.05, 0.1) is 11.0 Å². The fourth-order valence-corrected chi connectivity index (χ4v) is 2.76. The SMILES string of the molecule is CN1CCC(n2c(=O)[nH]c3cc(N)ccc32)CC1. The number of aromatic nitrogens is 2. The number of nitrogens with zero attached hydrogens (tertiary/aromatic N) is 2. The molecule has 2 heterocycles. The summed E-state index contributed by atoms with van der Waals surface area (Å²) in [6.45, 7) is 2.08. The molecule has 0 spiro atoms. The molecule has 5 heteroatoms. The van der Waals surface area contributed by atoms with Gasteiger partial charge >= 0.3 is 5.69 Å². The Morgan fingerprint density at radius 3 is 2.78 bits per heavy atom. The zero-order chi connectivity index (χ0) is 12.7. The lowest BCUT2D eigenvalue weighted by atomic mass is 10.1. The molecule has 1 aliphatic heterocycles. The van der Waals surface area contributed by atoms with Crippen molar-refractivity contribution >= 4 is 16.7 Å². The molecule has 2 aromatic rings. The van der Waals surface area contributed by atoms with Crippen molar-refractivity contribution in [2.75, 3.05) is 25.9 Å². The van der Waals surface area contributed by atoms with Gasteiger partial charge in [0.25, 0.3) is 0 Å². The van der Waals surface area contributed by atoms with E-state index in [1.54, 1.807) is 0 Å². The van der Waals surface area contributed by atoms with Gasteiger partial charge in [-0.25, -0.2) is 4.79 Å². The third-order valence-corrected chi connectivity index (χ3v) is 3.79. The van der Waals surface area contributed by atoms with Gasteiger partial charge in [-0.05, 0) is 51.2 Å². The van der Waals surface area contributed by atoms with E-state index >= 15 is 0 Å². The van der Waals surface area contributed by atoms with E-state index in [4.69, 9.17) is 5.73 Å². The van der Waals surface area contributed by atoms with Crippen LogP contribution in [-0.4, -0.2) is 34.6 Å². The monoisotopic (exact) mass is 246 g/mol. The van der Waals surface area contributed by atoms with Crippen molar-refractivity contribution in [2.24, 2.45) is 0 Å². The molecule has 1 fully saturated rings. The minimum Gasteiger partial charge on any atom is -0.399 e. The Labute approximate surface area is 105 Å². The van der Waals surface area contributed by atoms with Gasteiger partial charge in [-0.2, -0.15) is 0 Å². The van der Waals surface area contributed by atoms with Crippen molar-refractivity contribution in [1.29, 1.82) is 0 Å². The Bertz CT molecular complexity index is 619. The normalized spacial score (nSPS) is 18.5. The van der Waals surface area contributed by atoms with Gasteiger partial charge in [0.15, 0.2) is 0 Å². The summed E-state index contributed by atoms with van der Waals surface area (Å²) in [6.07, 6.45) is 2.04. The van der Waals surface area contributed by atoms with E-state index in [1.807, 2.05) is 22.8 Å². The number of nitrogens with two attached hydrogens (primary N) is 1. The smallest absolute Gasteiger partial charge is 0.326 e. The van der Waals surface area contributed by atoms with Crippen molar-refractivity contribution in [3.05, 3.63) is 28.7 Å². The van der Waals surface area contributed by atoms with Gasteiger partial charge in [0, 0.05) is 11.7 Å². The van der Waals surface area contributed by atoms with Crippen LogP contribution in [0, 0.1) is 0 Å². The average Bonchev–Trinajstić information content (AvgIpc) is 2.65. The van der Waals surface area contributed by atoms with Gasteiger partial charge in [-0.15, -0.1) is 0 Å². The van der Waals surface area contributed by atoms with Crippen molar-refractivity contribution in [3.63, 3.8) is 0 Å². The van der Waals surface area contributed by atoms with Gasteiger partial charge in [-0.1, -0.05) is 0 Å². The number of hydrogen-bond acceptors (Lipinski definition) is 3. The molecule has 0 aliphatic carbocycles. The lowest BCUT2D eigenvalue weighted by Crippen LogP contribution is -2.34. The van der Waals surface area contributed by atoms with Crippen LogP contribution >= 0.6 is 0 Å². The number of rotatable bonds is 1. The molecule has 0 amide bonds. The fourth-order valence-electron chi connectivity index (χ4n) is 2.76. The van der Waals surface area contributed by atoms with E-state index in [0.717, 1.165) is 37.0 Å². The zero-order valence-electron chi connectivity index (χ0n) is 10.5. The molecule has 5 nitrogen and oxygen atoms in total. The lowest BCUT2D eigenvalue weighted by Gasteiger charge is -2.29. The maximum Gasteiger partial charge on any atom is 0.326 e. The number of anilines is 1. The zero-order valence-corrected chi connectivity index (χ0v) is 10.5. The van der Waals surface area contributed by atoms with Gasteiger partial charge in [0.1, 0.15) is 0 Å². The summed E-state index contributed by atoms with van der Waals surface area (Å²) in [5.74, 6) is 0. The highest BCUT2D eigenvalue weighted by Gasteiger charge is 2.21. The number of H-pyrrole nitrogens is 1. The second-order valence-corrected chi connectivity index (χ2v) is 5.11. The summed E-state index contributed by atoms with van der Waals surface area (Å²) in [7, 11) is 2.12. The van der Waals surface area contributed by atoms with Crippen molar-refractivity contribution in [3.8, 4) is 0 Å². The molecule has 1 saturated heterocycles. The topological polar surface area (TPSA) is 67.0 Å². The van der Waals surface area contributed by atoms with Crippen LogP contribution < -0.4 is 11.4 Å². The number of benzene rings is 1. The molecular formula is C13H18N4O. The van der Waals surface area contributed by atoms with Crippen LogP contribution in [0.5, 0.6) is 0 Å². The number of nitrogen functional groups attached to an aromatic ring is 1. The Morgan fingerprint density at radius 2 is 2.06 bits per heavy atom. The molecule has 1 aromatic heterocycles. The number of likely N-dealkylation sites (tertiary alicyclic amines) is 1. The highest BCUT2D eigenvalue weighted by Crippen LogP contribution is 2.24. The molecule has 1 aromatic carbocycles. The van der Waals surface area contributed by atoms with E-state index < -0.39 is 0 Å². The van der Waals surface area contributed by atoms with E-state index in [2.05, 4.69) is 16.9 Å². The summed E-state index contributed by atoms with van der Waals surface area (Å²) in [4.78, 5) is 17.3. The molecule has 0 radical (unpaired) electrons. The largest absolute Gasteiger partial charge is 0.399 e. The van der Waals surface area contributed by atoms with Gasteiger partial charge in [-0.3, -0.25) is 4.57 Å². The van der Waals surface area contributed by atoms with Crippen LogP contribution in [0.3, 0.4) is 0 Å². The molecule has 0 atom stereocenters. The maximum atomic E-state index is 12.1. The average molecular weight is 246 g/mol.